The van der Waals surface area contributed by atoms with Crippen molar-refractivity contribution in [3.05, 3.63) is 30.8 Å². The molecule has 1 atom stereocenters. The minimum absolute atomic E-state index is 0.0965. The van der Waals surface area contributed by atoms with Gasteiger partial charge in [0.05, 0.1) is 24.6 Å². The molecule has 0 unspecified atom stereocenters. The van der Waals surface area contributed by atoms with Gasteiger partial charge in [-0.15, -0.1) is 10.2 Å². The molecular weight excluding hydrogens is 370 g/mol. The summed E-state index contributed by atoms with van der Waals surface area (Å²) in [6, 6.07) is 5.62. The second-order valence-corrected chi connectivity index (χ2v) is 7.49. The van der Waals surface area contributed by atoms with E-state index in [1.165, 1.54) is 0 Å². The number of furan rings is 1. The van der Waals surface area contributed by atoms with Crippen molar-refractivity contribution in [2.75, 3.05) is 26.7 Å². The van der Waals surface area contributed by atoms with Crippen molar-refractivity contribution in [3.8, 4) is 22.8 Å². The largest absolute Gasteiger partial charge is 0.506 e. The zero-order valence-corrected chi connectivity index (χ0v) is 16.5. The lowest BCUT2D eigenvalue weighted by atomic mass is 10.1. The van der Waals surface area contributed by atoms with E-state index in [0.29, 0.717) is 51.8 Å². The zero-order chi connectivity index (χ0) is 20.0. The third kappa shape index (κ3) is 2.91. The maximum absolute atomic E-state index is 10.8. The summed E-state index contributed by atoms with van der Waals surface area (Å²) in [5.74, 6) is 0.637. The summed E-state index contributed by atoms with van der Waals surface area (Å²) in [6.07, 6.45) is 5.61. The predicted octanol–water partition coefficient (Wildman–Crippen LogP) is 3.61. The number of aromatic hydroxyl groups is 1. The highest BCUT2D eigenvalue weighted by atomic mass is 16.5. The molecule has 0 radical (unpaired) electrons. The van der Waals surface area contributed by atoms with Crippen LogP contribution in [0.25, 0.3) is 33.4 Å². The monoisotopic (exact) mass is 393 g/mol. The smallest absolute Gasteiger partial charge is 0.186 e. The fraction of sp³-hybridized carbons (Fsp3) is 0.381. The third-order valence-electron chi connectivity index (χ3n) is 5.59. The van der Waals surface area contributed by atoms with Crippen LogP contribution in [0.1, 0.15) is 25.8 Å². The fourth-order valence-corrected chi connectivity index (χ4v) is 4.18. The van der Waals surface area contributed by atoms with Crippen molar-refractivity contribution in [2.45, 2.75) is 25.8 Å². The Balaban J connectivity index is 1.66. The Morgan fingerprint density at radius 3 is 3.00 bits per heavy atom. The number of likely N-dealkylation sites (tertiary alicyclic amines) is 1. The van der Waals surface area contributed by atoms with E-state index in [1.807, 2.05) is 19.3 Å². The first-order valence-electron chi connectivity index (χ1n) is 9.91. The van der Waals surface area contributed by atoms with Crippen LogP contribution >= 0.6 is 0 Å². The topological polar surface area (TPSA) is 89.4 Å². The van der Waals surface area contributed by atoms with Gasteiger partial charge >= 0.3 is 0 Å². The number of hydrogen-bond acceptors (Lipinski definition) is 7. The van der Waals surface area contributed by atoms with Crippen LogP contribution < -0.4 is 4.74 Å². The van der Waals surface area contributed by atoms with Crippen LogP contribution in [0, 0.1) is 0 Å². The van der Waals surface area contributed by atoms with Gasteiger partial charge in [0.15, 0.2) is 16.9 Å². The van der Waals surface area contributed by atoms with Gasteiger partial charge in [0.1, 0.15) is 17.0 Å². The van der Waals surface area contributed by atoms with Crippen LogP contribution in [0.15, 0.2) is 35.2 Å². The molecule has 0 amide bonds. The van der Waals surface area contributed by atoms with Crippen LogP contribution in [0.4, 0.5) is 0 Å². The van der Waals surface area contributed by atoms with Crippen molar-refractivity contribution in [2.24, 2.45) is 0 Å². The van der Waals surface area contributed by atoms with E-state index in [-0.39, 0.29) is 5.75 Å². The maximum atomic E-state index is 10.8. The molecule has 1 aliphatic rings. The summed E-state index contributed by atoms with van der Waals surface area (Å²) >= 11 is 0. The van der Waals surface area contributed by atoms with E-state index in [4.69, 9.17) is 9.15 Å². The molecule has 8 heteroatoms. The Kier molecular flexibility index (Phi) is 4.35. The maximum Gasteiger partial charge on any atom is 0.186 e. The van der Waals surface area contributed by atoms with Gasteiger partial charge in [-0.05, 0) is 51.6 Å². The number of benzene rings is 1. The Morgan fingerprint density at radius 1 is 1.28 bits per heavy atom. The summed E-state index contributed by atoms with van der Waals surface area (Å²) in [4.78, 5) is 6.95. The molecule has 150 valence electrons. The van der Waals surface area contributed by atoms with Gasteiger partial charge in [0, 0.05) is 18.2 Å². The molecule has 5 rings (SSSR count). The molecule has 1 N–H and O–H groups in total. The molecular formula is C21H23N5O3. The minimum Gasteiger partial charge on any atom is -0.506 e. The summed E-state index contributed by atoms with van der Waals surface area (Å²) < 4.78 is 13.4. The normalized spacial score (nSPS) is 17.9. The number of hydrogen-bond donors (Lipinski definition) is 1. The van der Waals surface area contributed by atoms with Gasteiger partial charge in [-0.3, -0.25) is 0 Å². The van der Waals surface area contributed by atoms with E-state index in [1.54, 1.807) is 18.4 Å². The fourth-order valence-electron chi connectivity index (χ4n) is 4.18. The van der Waals surface area contributed by atoms with Gasteiger partial charge in [-0.1, -0.05) is 0 Å². The van der Waals surface area contributed by atoms with Gasteiger partial charge in [-0.25, -0.2) is 4.98 Å². The lowest BCUT2D eigenvalue weighted by Crippen LogP contribution is -2.33. The summed E-state index contributed by atoms with van der Waals surface area (Å²) in [5, 5.41) is 20.3. The second-order valence-electron chi connectivity index (χ2n) is 7.49. The van der Waals surface area contributed by atoms with Gasteiger partial charge in [0.2, 0.25) is 0 Å². The molecule has 8 nitrogen and oxygen atoms in total. The summed E-state index contributed by atoms with van der Waals surface area (Å²) in [5.41, 5.74) is 3.01. The number of piperidine rings is 1. The molecule has 0 aliphatic carbocycles. The van der Waals surface area contributed by atoms with Gasteiger partial charge in [0.25, 0.3) is 0 Å². The van der Waals surface area contributed by atoms with E-state index < -0.39 is 0 Å². The van der Waals surface area contributed by atoms with Crippen molar-refractivity contribution >= 4 is 22.1 Å². The summed E-state index contributed by atoms with van der Waals surface area (Å²) in [7, 11) is 2.13. The first-order valence-corrected chi connectivity index (χ1v) is 9.91. The zero-order valence-electron chi connectivity index (χ0n) is 16.5. The molecule has 1 saturated heterocycles. The second kappa shape index (κ2) is 7.04. The van der Waals surface area contributed by atoms with Gasteiger partial charge < -0.3 is 23.7 Å². The highest BCUT2D eigenvalue weighted by Crippen LogP contribution is 2.41. The van der Waals surface area contributed by atoms with E-state index in [2.05, 4.69) is 31.7 Å². The number of likely N-dealkylation sites (N-methyl/N-ethyl adjacent to an activating group) is 1. The molecule has 4 aromatic rings. The Bertz CT molecular complexity index is 1180. The van der Waals surface area contributed by atoms with E-state index in [9.17, 15) is 5.11 Å². The molecule has 4 heterocycles. The molecule has 0 bridgehead atoms. The van der Waals surface area contributed by atoms with E-state index in [0.717, 1.165) is 25.9 Å². The van der Waals surface area contributed by atoms with E-state index >= 15 is 0 Å². The molecule has 0 spiro atoms. The minimum atomic E-state index is 0.0965. The standard InChI is InChI=1S/C21H23N5O3/c1-3-28-20-17(15-6-7-16-14(19(15)27)8-10-29-16)23-24-21-18(20)22-12-26(21)13-5-4-9-25(2)11-13/h6-8,10,12-13,27H,3-5,9,11H2,1-2H3/t13-/m1/s1. The molecule has 1 aliphatic heterocycles. The lowest BCUT2D eigenvalue weighted by Gasteiger charge is -2.30. The number of aromatic nitrogens is 4. The number of rotatable bonds is 4. The summed E-state index contributed by atoms with van der Waals surface area (Å²) in [6.45, 7) is 4.44. The van der Waals surface area contributed by atoms with Crippen molar-refractivity contribution in [1.29, 1.82) is 0 Å². The van der Waals surface area contributed by atoms with Crippen LogP contribution in [0.2, 0.25) is 0 Å². The first-order chi connectivity index (χ1) is 14.2. The number of phenolic OH excluding ortho intramolecular Hbond substituents is 1. The average molecular weight is 393 g/mol. The quantitative estimate of drug-likeness (QED) is 0.566. The SMILES string of the molecule is CCOc1c(-c2ccc3occc3c2O)nnc2c1ncn2[C@@H]1CCCN(C)C1. The third-order valence-corrected chi connectivity index (χ3v) is 5.59. The van der Waals surface area contributed by atoms with Crippen LogP contribution in [0.5, 0.6) is 11.5 Å². The highest BCUT2D eigenvalue weighted by molar-refractivity contribution is 5.94. The molecule has 1 aromatic carbocycles. The van der Waals surface area contributed by atoms with Crippen LogP contribution in [-0.2, 0) is 0 Å². The van der Waals surface area contributed by atoms with Crippen molar-refractivity contribution in [3.63, 3.8) is 0 Å². The average Bonchev–Trinajstić information content (AvgIpc) is 3.36. The number of ether oxygens (including phenoxy) is 1. The number of fused-ring (bicyclic) bond motifs is 2. The predicted molar refractivity (Wildman–Crippen MR) is 109 cm³/mol. The molecule has 3 aromatic heterocycles. The molecule has 0 saturated carbocycles. The highest BCUT2D eigenvalue weighted by Gasteiger charge is 2.25. The number of nitrogens with zero attached hydrogens (tertiary/aromatic N) is 5. The Hall–Kier alpha value is -3.13. The van der Waals surface area contributed by atoms with Crippen LogP contribution in [0.3, 0.4) is 0 Å². The Labute approximate surface area is 167 Å². The Morgan fingerprint density at radius 2 is 2.17 bits per heavy atom. The number of imidazole rings is 1. The van der Waals surface area contributed by atoms with Crippen LogP contribution in [-0.4, -0.2) is 56.5 Å². The first kappa shape index (κ1) is 17.9. The number of phenols is 1. The molecule has 1 fully saturated rings. The van der Waals surface area contributed by atoms with Gasteiger partial charge in [-0.2, -0.15) is 0 Å². The van der Waals surface area contributed by atoms with Crippen molar-refractivity contribution < 1.29 is 14.3 Å². The lowest BCUT2D eigenvalue weighted by molar-refractivity contribution is 0.214. The molecule has 29 heavy (non-hydrogen) atoms. The van der Waals surface area contributed by atoms with Crippen molar-refractivity contribution in [1.82, 2.24) is 24.6 Å².